The van der Waals surface area contributed by atoms with Crippen molar-refractivity contribution >= 4 is 0 Å². The Labute approximate surface area is 116 Å². The molecule has 0 saturated heterocycles. The number of aliphatic hydroxyl groups is 1. The molecule has 19 heavy (non-hydrogen) atoms. The van der Waals surface area contributed by atoms with Gasteiger partial charge >= 0.3 is 0 Å². The van der Waals surface area contributed by atoms with Crippen molar-refractivity contribution in [3.8, 4) is 0 Å². The summed E-state index contributed by atoms with van der Waals surface area (Å²) in [4.78, 5) is 2.53. The molecule has 2 heteroatoms. The van der Waals surface area contributed by atoms with Gasteiger partial charge in [-0.05, 0) is 62.1 Å². The molecule has 2 aliphatic carbocycles. The van der Waals surface area contributed by atoms with Crippen LogP contribution in [0.15, 0.2) is 18.2 Å². The minimum Gasteiger partial charge on any atom is -0.387 e. The summed E-state index contributed by atoms with van der Waals surface area (Å²) in [6, 6.07) is 7.09. The maximum Gasteiger partial charge on any atom is 0.0917 e. The van der Waals surface area contributed by atoms with Crippen LogP contribution in [0, 0.1) is 19.8 Å². The third-order valence-corrected chi connectivity index (χ3v) is 4.58. The van der Waals surface area contributed by atoms with Gasteiger partial charge < -0.3 is 5.11 Å². The summed E-state index contributed by atoms with van der Waals surface area (Å²) < 4.78 is 0. The summed E-state index contributed by atoms with van der Waals surface area (Å²) in [5.74, 6) is 0.910. The van der Waals surface area contributed by atoms with E-state index in [2.05, 4.69) is 36.9 Å². The largest absolute Gasteiger partial charge is 0.387 e. The predicted molar refractivity (Wildman–Crippen MR) is 78.2 cm³/mol. The number of aryl methyl sites for hydroxylation is 2. The first-order chi connectivity index (χ1) is 9.13. The molecular weight excluding hydrogens is 234 g/mol. The highest BCUT2D eigenvalue weighted by molar-refractivity contribution is 5.31. The third kappa shape index (κ3) is 3.37. The molecule has 2 nitrogen and oxygen atoms in total. The molecule has 104 valence electrons. The SMILES string of the molecule is Cc1ccc(C(O)CN(CC2CC2)C2CC2)cc1C. The van der Waals surface area contributed by atoms with E-state index in [4.69, 9.17) is 0 Å². The van der Waals surface area contributed by atoms with E-state index in [0.29, 0.717) is 0 Å². The van der Waals surface area contributed by atoms with Gasteiger partial charge in [-0.15, -0.1) is 0 Å². The first-order valence-corrected chi connectivity index (χ1v) is 7.63. The second kappa shape index (κ2) is 5.26. The topological polar surface area (TPSA) is 23.5 Å². The quantitative estimate of drug-likeness (QED) is 0.848. The van der Waals surface area contributed by atoms with E-state index in [9.17, 15) is 5.11 Å². The zero-order valence-electron chi connectivity index (χ0n) is 12.1. The Morgan fingerprint density at radius 2 is 1.89 bits per heavy atom. The second-order valence-corrected chi connectivity index (χ2v) is 6.49. The van der Waals surface area contributed by atoms with Crippen molar-refractivity contribution in [3.63, 3.8) is 0 Å². The first-order valence-electron chi connectivity index (χ1n) is 7.63. The molecule has 0 amide bonds. The fourth-order valence-electron chi connectivity index (χ4n) is 2.74. The van der Waals surface area contributed by atoms with Crippen LogP contribution in [-0.4, -0.2) is 29.1 Å². The lowest BCUT2D eigenvalue weighted by Crippen LogP contribution is -2.32. The molecule has 1 aromatic carbocycles. The fraction of sp³-hybridized carbons (Fsp3) is 0.647. The highest BCUT2D eigenvalue weighted by Gasteiger charge is 2.34. The van der Waals surface area contributed by atoms with Crippen LogP contribution >= 0.6 is 0 Å². The average Bonchev–Trinajstić information content (AvgIpc) is 3.25. The zero-order valence-corrected chi connectivity index (χ0v) is 12.1. The number of rotatable bonds is 6. The molecule has 1 N–H and O–H groups in total. The molecule has 0 aromatic heterocycles. The summed E-state index contributed by atoms with van der Waals surface area (Å²) in [7, 11) is 0. The fourth-order valence-corrected chi connectivity index (χ4v) is 2.74. The van der Waals surface area contributed by atoms with E-state index in [1.165, 1.54) is 43.4 Å². The Morgan fingerprint density at radius 1 is 1.16 bits per heavy atom. The summed E-state index contributed by atoms with van der Waals surface area (Å²) in [5, 5.41) is 10.5. The Morgan fingerprint density at radius 3 is 2.47 bits per heavy atom. The molecule has 0 heterocycles. The van der Waals surface area contributed by atoms with E-state index in [1.54, 1.807) is 0 Å². The van der Waals surface area contributed by atoms with Gasteiger partial charge in [0.25, 0.3) is 0 Å². The van der Waals surface area contributed by atoms with Crippen molar-refractivity contribution in [2.24, 2.45) is 5.92 Å². The van der Waals surface area contributed by atoms with Crippen LogP contribution in [0.1, 0.15) is 48.5 Å². The molecule has 3 rings (SSSR count). The Bertz CT molecular complexity index is 449. The number of hydrogen-bond donors (Lipinski definition) is 1. The third-order valence-electron chi connectivity index (χ3n) is 4.58. The van der Waals surface area contributed by atoms with Crippen molar-refractivity contribution in [2.75, 3.05) is 13.1 Å². The molecule has 2 aliphatic rings. The van der Waals surface area contributed by atoms with Gasteiger partial charge in [-0.25, -0.2) is 0 Å². The molecule has 2 fully saturated rings. The normalized spacial score (nSPS) is 20.8. The van der Waals surface area contributed by atoms with Crippen molar-refractivity contribution in [1.29, 1.82) is 0 Å². The monoisotopic (exact) mass is 259 g/mol. The van der Waals surface area contributed by atoms with Gasteiger partial charge in [0.1, 0.15) is 0 Å². The van der Waals surface area contributed by atoms with Crippen molar-refractivity contribution < 1.29 is 5.11 Å². The lowest BCUT2D eigenvalue weighted by atomic mass is 10.0. The average molecular weight is 259 g/mol. The Hall–Kier alpha value is -0.860. The van der Waals surface area contributed by atoms with Crippen LogP contribution in [0.3, 0.4) is 0 Å². The smallest absolute Gasteiger partial charge is 0.0917 e. The maximum absolute atomic E-state index is 10.5. The van der Waals surface area contributed by atoms with E-state index >= 15 is 0 Å². The number of aliphatic hydroxyl groups excluding tert-OH is 1. The van der Waals surface area contributed by atoms with Crippen molar-refractivity contribution in [3.05, 3.63) is 34.9 Å². The summed E-state index contributed by atoms with van der Waals surface area (Å²) in [6.45, 7) is 6.25. The van der Waals surface area contributed by atoms with Gasteiger partial charge in [-0.3, -0.25) is 4.90 Å². The Kier molecular flexibility index (Phi) is 3.64. The van der Waals surface area contributed by atoms with E-state index in [1.807, 2.05) is 0 Å². The summed E-state index contributed by atoms with van der Waals surface area (Å²) >= 11 is 0. The summed E-state index contributed by atoms with van der Waals surface area (Å²) in [6.07, 6.45) is 5.10. The van der Waals surface area contributed by atoms with Crippen LogP contribution < -0.4 is 0 Å². The predicted octanol–water partition coefficient (Wildman–Crippen LogP) is 3.21. The molecule has 0 radical (unpaired) electrons. The molecular formula is C17H25NO. The minimum atomic E-state index is -0.335. The van der Waals surface area contributed by atoms with E-state index in [-0.39, 0.29) is 6.10 Å². The number of nitrogens with zero attached hydrogens (tertiary/aromatic N) is 1. The van der Waals surface area contributed by atoms with Gasteiger partial charge in [0, 0.05) is 19.1 Å². The van der Waals surface area contributed by atoms with Gasteiger partial charge in [-0.1, -0.05) is 18.2 Å². The van der Waals surface area contributed by atoms with Crippen LogP contribution in [-0.2, 0) is 0 Å². The molecule has 0 aliphatic heterocycles. The van der Waals surface area contributed by atoms with E-state index in [0.717, 1.165) is 24.1 Å². The number of hydrogen-bond acceptors (Lipinski definition) is 2. The molecule has 1 aromatic rings. The summed E-state index contributed by atoms with van der Waals surface area (Å²) in [5.41, 5.74) is 3.65. The molecule has 1 unspecified atom stereocenters. The van der Waals surface area contributed by atoms with Crippen LogP contribution in [0.2, 0.25) is 0 Å². The van der Waals surface area contributed by atoms with Crippen molar-refractivity contribution in [2.45, 2.75) is 51.7 Å². The van der Waals surface area contributed by atoms with Gasteiger partial charge in [0.2, 0.25) is 0 Å². The first kappa shape index (κ1) is 13.1. The highest BCUT2D eigenvalue weighted by Crippen LogP contribution is 2.35. The standard InChI is InChI=1S/C17H25NO/c1-12-3-6-15(9-13(12)2)17(19)11-18(16-7-8-16)10-14-4-5-14/h3,6,9,14,16-17,19H,4-5,7-8,10-11H2,1-2H3. The number of benzene rings is 1. The highest BCUT2D eigenvalue weighted by atomic mass is 16.3. The van der Waals surface area contributed by atoms with Gasteiger partial charge in [-0.2, -0.15) is 0 Å². The zero-order chi connectivity index (χ0) is 13.4. The Balaban J connectivity index is 1.64. The van der Waals surface area contributed by atoms with Crippen LogP contribution in [0.25, 0.3) is 0 Å². The maximum atomic E-state index is 10.5. The van der Waals surface area contributed by atoms with Crippen LogP contribution in [0.4, 0.5) is 0 Å². The lowest BCUT2D eigenvalue weighted by Gasteiger charge is -2.25. The molecule has 1 atom stereocenters. The minimum absolute atomic E-state index is 0.335. The second-order valence-electron chi connectivity index (χ2n) is 6.49. The van der Waals surface area contributed by atoms with Crippen LogP contribution in [0.5, 0.6) is 0 Å². The lowest BCUT2D eigenvalue weighted by molar-refractivity contribution is 0.106. The molecule has 2 saturated carbocycles. The molecule has 0 spiro atoms. The molecule has 0 bridgehead atoms. The van der Waals surface area contributed by atoms with Gasteiger partial charge in [0.05, 0.1) is 6.10 Å². The van der Waals surface area contributed by atoms with Gasteiger partial charge in [0.15, 0.2) is 0 Å². The van der Waals surface area contributed by atoms with Crippen molar-refractivity contribution in [1.82, 2.24) is 4.90 Å². The van der Waals surface area contributed by atoms with E-state index < -0.39 is 0 Å².